The maximum Gasteiger partial charge on any atom is 0.260 e. The number of likely N-dealkylation sites (N-methyl/N-ethyl adjacent to an activating group) is 1. The SMILES string of the molecule is C=C/C=C\C=C\C1(C)CC(c2cc(F)ccc2F)=NN1C(=O)C(C)N1CCN(C)CC1. The zero-order chi connectivity index (χ0) is 22.6. The van der Waals surface area contributed by atoms with E-state index in [9.17, 15) is 13.6 Å². The molecule has 0 radical (unpaired) electrons. The Kier molecular flexibility index (Phi) is 7.18. The van der Waals surface area contributed by atoms with Crippen LogP contribution in [0.25, 0.3) is 0 Å². The topological polar surface area (TPSA) is 39.2 Å². The summed E-state index contributed by atoms with van der Waals surface area (Å²) in [5, 5.41) is 5.94. The number of carbonyl (C=O) groups is 1. The molecule has 0 spiro atoms. The highest BCUT2D eigenvalue weighted by Crippen LogP contribution is 2.33. The Labute approximate surface area is 183 Å². The van der Waals surface area contributed by atoms with Crippen molar-refractivity contribution >= 4 is 11.6 Å². The molecule has 1 amide bonds. The van der Waals surface area contributed by atoms with E-state index in [4.69, 9.17) is 0 Å². The van der Waals surface area contributed by atoms with Crippen molar-refractivity contribution in [2.45, 2.75) is 31.8 Å². The minimum atomic E-state index is -0.794. The maximum absolute atomic E-state index is 14.4. The Balaban J connectivity index is 1.92. The number of hydrogen-bond donors (Lipinski definition) is 0. The third-order valence-electron chi connectivity index (χ3n) is 5.93. The summed E-state index contributed by atoms with van der Waals surface area (Å²) in [6.45, 7) is 10.8. The monoisotopic (exact) mass is 428 g/mol. The lowest BCUT2D eigenvalue weighted by molar-refractivity contribution is -0.140. The van der Waals surface area contributed by atoms with Gasteiger partial charge in [0.05, 0.1) is 17.3 Å². The van der Waals surface area contributed by atoms with Gasteiger partial charge in [-0.15, -0.1) is 0 Å². The molecule has 31 heavy (non-hydrogen) atoms. The van der Waals surface area contributed by atoms with Crippen LogP contribution in [0.5, 0.6) is 0 Å². The predicted octanol–water partition coefficient (Wildman–Crippen LogP) is 3.59. The summed E-state index contributed by atoms with van der Waals surface area (Å²) in [5.74, 6) is -1.25. The molecule has 1 saturated heterocycles. The van der Waals surface area contributed by atoms with Crippen molar-refractivity contribution in [1.29, 1.82) is 0 Å². The zero-order valence-electron chi connectivity index (χ0n) is 18.4. The molecule has 2 unspecified atom stereocenters. The van der Waals surface area contributed by atoms with E-state index in [1.165, 1.54) is 5.01 Å². The van der Waals surface area contributed by atoms with Crippen LogP contribution in [0.2, 0.25) is 0 Å². The highest BCUT2D eigenvalue weighted by atomic mass is 19.1. The third kappa shape index (κ3) is 5.17. The molecule has 2 aliphatic heterocycles. The molecular formula is C24H30F2N4O. The van der Waals surface area contributed by atoms with Crippen molar-refractivity contribution in [3.63, 3.8) is 0 Å². The van der Waals surface area contributed by atoms with Crippen molar-refractivity contribution in [2.75, 3.05) is 33.2 Å². The summed E-state index contributed by atoms with van der Waals surface area (Å²) in [5.41, 5.74) is -0.350. The number of allylic oxidation sites excluding steroid dienone is 4. The van der Waals surface area contributed by atoms with Gasteiger partial charge in [-0.1, -0.05) is 37.0 Å². The minimum absolute atomic E-state index is 0.0869. The molecule has 5 nitrogen and oxygen atoms in total. The van der Waals surface area contributed by atoms with Crippen LogP contribution >= 0.6 is 0 Å². The van der Waals surface area contributed by atoms with Gasteiger partial charge < -0.3 is 4.90 Å². The second-order valence-corrected chi connectivity index (χ2v) is 8.35. The lowest BCUT2D eigenvalue weighted by Crippen LogP contribution is -2.55. The number of carbonyl (C=O) groups excluding carboxylic acids is 1. The van der Waals surface area contributed by atoms with Gasteiger partial charge in [-0.2, -0.15) is 5.10 Å². The Bertz CT molecular complexity index is 918. The van der Waals surface area contributed by atoms with Gasteiger partial charge in [0.2, 0.25) is 0 Å². The molecule has 2 heterocycles. The van der Waals surface area contributed by atoms with Crippen LogP contribution in [-0.2, 0) is 4.79 Å². The molecule has 166 valence electrons. The normalized spacial score (nSPS) is 24.2. The number of amides is 1. The molecule has 1 aromatic rings. The fourth-order valence-electron chi connectivity index (χ4n) is 3.93. The lowest BCUT2D eigenvalue weighted by Gasteiger charge is -2.38. The molecule has 1 fully saturated rings. The van der Waals surface area contributed by atoms with E-state index < -0.39 is 17.2 Å². The van der Waals surface area contributed by atoms with Gasteiger partial charge in [-0.25, -0.2) is 13.8 Å². The summed E-state index contributed by atoms with van der Waals surface area (Å²) in [4.78, 5) is 17.9. The van der Waals surface area contributed by atoms with Gasteiger partial charge in [0.25, 0.3) is 5.91 Å². The number of piperazine rings is 1. The van der Waals surface area contributed by atoms with Gasteiger partial charge in [0.1, 0.15) is 11.6 Å². The molecule has 7 heteroatoms. The van der Waals surface area contributed by atoms with Gasteiger partial charge >= 0.3 is 0 Å². The molecule has 0 aliphatic carbocycles. The van der Waals surface area contributed by atoms with Crippen LogP contribution < -0.4 is 0 Å². The molecule has 0 N–H and O–H groups in total. The van der Waals surface area contributed by atoms with Crippen molar-refractivity contribution in [3.05, 3.63) is 72.4 Å². The molecule has 0 aromatic heterocycles. The van der Waals surface area contributed by atoms with E-state index >= 15 is 0 Å². The van der Waals surface area contributed by atoms with Crippen molar-refractivity contribution < 1.29 is 13.6 Å². The van der Waals surface area contributed by atoms with Crippen LogP contribution in [-0.4, -0.2) is 71.2 Å². The predicted molar refractivity (Wildman–Crippen MR) is 120 cm³/mol. The average molecular weight is 429 g/mol. The van der Waals surface area contributed by atoms with Crippen LogP contribution in [0, 0.1) is 11.6 Å². The van der Waals surface area contributed by atoms with E-state index in [0.29, 0.717) is 5.71 Å². The van der Waals surface area contributed by atoms with E-state index in [0.717, 1.165) is 44.4 Å². The van der Waals surface area contributed by atoms with E-state index in [2.05, 4.69) is 28.5 Å². The summed E-state index contributed by atoms with van der Waals surface area (Å²) < 4.78 is 28.2. The number of rotatable bonds is 6. The first-order valence-corrected chi connectivity index (χ1v) is 10.5. The van der Waals surface area contributed by atoms with E-state index in [-0.39, 0.29) is 23.9 Å². The quantitative estimate of drug-likeness (QED) is 0.650. The zero-order valence-corrected chi connectivity index (χ0v) is 18.4. The molecular weight excluding hydrogens is 398 g/mol. The molecule has 3 rings (SSSR count). The van der Waals surface area contributed by atoms with Gasteiger partial charge in [0, 0.05) is 38.2 Å². The smallest absolute Gasteiger partial charge is 0.260 e. The van der Waals surface area contributed by atoms with Crippen LogP contribution in [0.1, 0.15) is 25.8 Å². The number of halogens is 2. The fraction of sp³-hybridized carbons (Fsp3) is 0.417. The second-order valence-electron chi connectivity index (χ2n) is 8.35. The largest absolute Gasteiger partial charge is 0.304 e. The lowest BCUT2D eigenvalue weighted by atomic mass is 9.91. The van der Waals surface area contributed by atoms with Crippen LogP contribution in [0.4, 0.5) is 8.78 Å². The highest BCUT2D eigenvalue weighted by molar-refractivity contribution is 6.04. The average Bonchev–Trinajstić information content (AvgIpc) is 3.10. The molecule has 1 aromatic carbocycles. The summed E-state index contributed by atoms with van der Waals surface area (Å²) in [6.07, 6.45) is 9.22. The van der Waals surface area contributed by atoms with Crippen molar-refractivity contribution in [1.82, 2.24) is 14.8 Å². The first-order valence-electron chi connectivity index (χ1n) is 10.5. The number of nitrogens with zero attached hydrogens (tertiary/aromatic N) is 4. The summed E-state index contributed by atoms with van der Waals surface area (Å²) >= 11 is 0. The first kappa shape index (κ1) is 23.0. The minimum Gasteiger partial charge on any atom is -0.304 e. The van der Waals surface area contributed by atoms with Gasteiger partial charge in [0.15, 0.2) is 0 Å². The Morgan fingerprint density at radius 2 is 1.90 bits per heavy atom. The van der Waals surface area contributed by atoms with Gasteiger partial charge in [-0.05, 0) is 39.1 Å². The van der Waals surface area contributed by atoms with Crippen molar-refractivity contribution in [2.24, 2.45) is 5.10 Å². The second kappa shape index (κ2) is 9.66. The Morgan fingerprint density at radius 1 is 1.19 bits per heavy atom. The van der Waals surface area contributed by atoms with Gasteiger partial charge in [-0.3, -0.25) is 9.69 Å². The number of benzene rings is 1. The van der Waals surface area contributed by atoms with E-state index in [1.807, 2.05) is 32.1 Å². The summed E-state index contributed by atoms with van der Waals surface area (Å²) in [6, 6.07) is 2.93. The molecule has 2 atom stereocenters. The Hall–Kier alpha value is -2.64. The molecule has 0 bridgehead atoms. The molecule has 0 saturated carbocycles. The number of hydrazone groups is 1. The first-order chi connectivity index (χ1) is 14.7. The molecule has 2 aliphatic rings. The highest BCUT2D eigenvalue weighted by Gasteiger charge is 2.43. The van der Waals surface area contributed by atoms with Crippen LogP contribution in [0.3, 0.4) is 0 Å². The number of hydrogen-bond acceptors (Lipinski definition) is 4. The summed E-state index contributed by atoms with van der Waals surface area (Å²) in [7, 11) is 2.06. The van der Waals surface area contributed by atoms with Crippen LogP contribution in [0.15, 0.2) is 60.3 Å². The fourth-order valence-corrected chi connectivity index (χ4v) is 3.93. The third-order valence-corrected chi connectivity index (χ3v) is 5.93. The standard InChI is InChI=1S/C24H30F2N4O/c1-5-6-7-8-11-24(3)17-22(20-16-19(25)9-10-21(20)26)27-30(24)23(31)18(2)29-14-12-28(4)13-15-29/h5-11,16,18H,1,12-15,17H2,2-4H3/b7-6-,11-8+. The van der Waals surface area contributed by atoms with Crippen molar-refractivity contribution in [3.8, 4) is 0 Å². The maximum atomic E-state index is 14.4. The van der Waals surface area contributed by atoms with E-state index in [1.54, 1.807) is 12.2 Å². The Morgan fingerprint density at radius 3 is 2.58 bits per heavy atom.